The second-order valence-corrected chi connectivity index (χ2v) is 7.24. The quantitative estimate of drug-likeness (QED) is 0.864. The number of nitrogens with zero attached hydrogens (tertiary/aromatic N) is 2. The van der Waals surface area contributed by atoms with E-state index in [4.69, 9.17) is 0 Å². The molecular weight excluding hydrogens is 298 g/mol. The normalized spacial score (nSPS) is 12.0. The first-order valence-electron chi connectivity index (χ1n) is 6.01. The van der Waals surface area contributed by atoms with E-state index < -0.39 is 10.0 Å². The first-order valence-corrected chi connectivity index (χ1v) is 8.38. The molecule has 0 saturated heterocycles. The van der Waals surface area contributed by atoms with Crippen LogP contribution in [0, 0.1) is 13.8 Å². The van der Waals surface area contributed by atoms with Gasteiger partial charge in [-0.15, -0.1) is 11.3 Å². The largest absolute Gasteiger partial charge is 0.391 e. The number of thiophene rings is 1. The van der Waals surface area contributed by atoms with Crippen molar-refractivity contribution in [3.8, 4) is 0 Å². The molecule has 2 rings (SSSR count). The van der Waals surface area contributed by atoms with Crippen molar-refractivity contribution in [1.29, 1.82) is 0 Å². The van der Waals surface area contributed by atoms with E-state index in [9.17, 15) is 13.5 Å². The molecule has 0 aliphatic heterocycles. The molecule has 8 heteroatoms. The van der Waals surface area contributed by atoms with Gasteiger partial charge in [0, 0.05) is 25.4 Å². The molecule has 2 heterocycles. The molecule has 0 aromatic carbocycles. The van der Waals surface area contributed by atoms with Gasteiger partial charge in [0.25, 0.3) is 0 Å². The Morgan fingerprint density at radius 3 is 2.70 bits per heavy atom. The molecule has 110 valence electrons. The summed E-state index contributed by atoms with van der Waals surface area (Å²) in [5.41, 5.74) is 2.27. The second-order valence-electron chi connectivity index (χ2n) is 4.57. The number of sulfonamides is 1. The van der Waals surface area contributed by atoms with Crippen LogP contribution < -0.4 is 4.72 Å². The van der Waals surface area contributed by atoms with Crippen molar-refractivity contribution in [3.63, 3.8) is 0 Å². The minimum Gasteiger partial charge on any atom is -0.391 e. The minimum absolute atomic E-state index is 0.183. The smallest absolute Gasteiger partial charge is 0.242 e. The fourth-order valence-electron chi connectivity index (χ4n) is 2.02. The van der Waals surface area contributed by atoms with Crippen molar-refractivity contribution in [1.82, 2.24) is 14.5 Å². The Kier molecular flexibility index (Phi) is 4.28. The summed E-state index contributed by atoms with van der Waals surface area (Å²) >= 11 is 1.25. The standard InChI is InChI=1S/C12H17N3O3S2/c1-8-7-19-11(6-16)12(8)20(17,18)13-4-10-5-15(3)14-9(10)2/h5,7,13,16H,4,6H2,1-3H3. The highest BCUT2D eigenvalue weighted by Crippen LogP contribution is 2.26. The van der Waals surface area contributed by atoms with Crippen molar-refractivity contribution >= 4 is 21.4 Å². The van der Waals surface area contributed by atoms with Crippen LogP contribution in [0.3, 0.4) is 0 Å². The van der Waals surface area contributed by atoms with Crippen LogP contribution in [-0.2, 0) is 30.2 Å². The molecule has 2 aromatic rings. The highest BCUT2D eigenvalue weighted by atomic mass is 32.2. The summed E-state index contributed by atoms with van der Waals surface area (Å²) in [6.07, 6.45) is 1.78. The van der Waals surface area contributed by atoms with Crippen LogP contribution in [0.15, 0.2) is 16.5 Å². The molecule has 0 spiro atoms. The summed E-state index contributed by atoms with van der Waals surface area (Å²) in [5, 5.41) is 15.1. The van der Waals surface area contributed by atoms with Gasteiger partial charge < -0.3 is 5.11 Å². The summed E-state index contributed by atoms with van der Waals surface area (Å²) in [4.78, 5) is 0.643. The van der Waals surface area contributed by atoms with Gasteiger partial charge >= 0.3 is 0 Å². The Morgan fingerprint density at radius 2 is 2.15 bits per heavy atom. The van der Waals surface area contributed by atoms with E-state index in [1.54, 1.807) is 30.2 Å². The van der Waals surface area contributed by atoms with Crippen LogP contribution in [0.2, 0.25) is 0 Å². The van der Waals surface area contributed by atoms with Gasteiger partial charge in [-0.3, -0.25) is 4.68 Å². The molecule has 0 unspecified atom stereocenters. The number of nitrogens with one attached hydrogen (secondary N) is 1. The third-order valence-electron chi connectivity index (χ3n) is 2.97. The van der Waals surface area contributed by atoms with Gasteiger partial charge in [0.15, 0.2) is 0 Å². The Labute approximate surface area is 122 Å². The average molecular weight is 315 g/mol. The number of hydrogen-bond acceptors (Lipinski definition) is 5. The van der Waals surface area contributed by atoms with Gasteiger partial charge in [-0.25, -0.2) is 13.1 Å². The zero-order chi connectivity index (χ0) is 14.9. The number of hydrogen-bond donors (Lipinski definition) is 2. The first-order chi connectivity index (χ1) is 9.35. The third-order valence-corrected chi connectivity index (χ3v) is 5.82. The molecular formula is C12H17N3O3S2. The minimum atomic E-state index is -3.63. The Bertz CT molecular complexity index is 716. The van der Waals surface area contributed by atoms with Crippen LogP contribution in [0.1, 0.15) is 21.7 Å². The summed E-state index contributed by atoms with van der Waals surface area (Å²) in [6, 6.07) is 0. The molecule has 0 amide bonds. The van der Waals surface area contributed by atoms with Crippen molar-refractivity contribution in [2.75, 3.05) is 0 Å². The Morgan fingerprint density at radius 1 is 1.45 bits per heavy atom. The van der Waals surface area contributed by atoms with Crippen LogP contribution >= 0.6 is 11.3 Å². The number of aliphatic hydroxyl groups excluding tert-OH is 1. The van der Waals surface area contributed by atoms with E-state index in [0.29, 0.717) is 10.4 Å². The zero-order valence-corrected chi connectivity index (χ0v) is 13.2. The van der Waals surface area contributed by atoms with Gasteiger partial charge in [0.1, 0.15) is 4.90 Å². The molecule has 6 nitrogen and oxygen atoms in total. The lowest BCUT2D eigenvalue weighted by Crippen LogP contribution is -2.24. The monoisotopic (exact) mass is 315 g/mol. The maximum absolute atomic E-state index is 12.3. The van der Waals surface area contributed by atoms with Gasteiger partial charge in [0.05, 0.1) is 17.2 Å². The predicted molar refractivity (Wildman–Crippen MR) is 76.9 cm³/mol. The Balaban J connectivity index is 2.23. The summed E-state index contributed by atoms with van der Waals surface area (Å²) < 4.78 is 28.9. The van der Waals surface area contributed by atoms with E-state index in [1.165, 1.54) is 11.3 Å². The highest BCUT2D eigenvalue weighted by Gasteiger charge is 2.22. The van der Waals surface area contributed by atoms with E-state index in [0.717, 1.165) is 11.3 Å². The third kappa shape index (κ3) is 2.93. The van der Waals surface area contributed by atoms with Gasteiger partial charge in [-0.2, -0.15) is 5.10 Å². The maximum atomic E-state index is 12.3. The van der Waals surface area contributed by atoms with Crippen LogP contribution in [0.5, 0.6) is 0 Å². The molecule has 0 fully saturated rings. The molecule has 0 bridgehead atoms. The topological polar surface area (TPSA) is 84.2 Å². The number of rotatable bonds is 5. The zero-order valence-electron chi connectivity index (χ0n) is 11.5. The highest BCUT2D eigenvalue weighted by molar-refractivity contribution is 7.89. The molecule has 0 aliphatic rings. The molecule has 0 saturated carbocycles. The van der Waals surface area contributed by atoms with E-state index in [1.807, 2.05) is 6.92 Å². The summed E-state index contributed by atoms with van der Waals surface area (Å²) in [7, 11) is -1.84. The van der Waals surface area contributed by atoms with Crippen molar-refractivity contribution < 1.29 is 13.5 Å². The fourth-order valence-corrected chi connectivity index (χ4v) is 4.69. The fraction of sp³-hybridized carbons (Fsp3) is 0.417. The van der Waals surface area contributed by atoms with Gasteiger partial charge in [0.2, 0.25) is 10.0 Å². The molecule has 0 aliphatic carbocycles. The number of aromatic nitrogens is 2. The van der Waals surface area contributed by atoms with Crippen molar-refractivity contribution in [2.24, 2.45) is 7.05 Å². The first kappa shape index (κ1) is 15.2. The molecule has 20 heavy (non-hydrogen) atoms. The molecule has 0 radical (unpaired) electrons. The van der Waals surface area contributed by atoms with Crippen LogP contribution in [0.25, 0.3) is 0 Å². The Hall–Kier alpha value is -1.22. The molecule has 0 atom stereocenters. The average Bonchev–Trinajstić information content (AvgIpc) is 2.90. The SMILES string of the molecule is Cc1csc(CO)c1S(=O)(=O)NCc1cn(C)nc1C. The lowest BCUT2D eigenvalue weighted by molar-refractivity contribution is 0.282. The van der Waals surface area contributed by atoms with Gasteiger partial charge in [-0.1, -0.05) is 0 Å². The van der Waals surface area contributed by atoms with Crippen molar-refractivity contribution in [3.05, 3.63) is 33.3 Å². The number of aliphatic hydroxyl groups is 1. The lowest BCUT2D eigenvalue weighted by atomic mass is 10.3. The van der Waals surface area contributed by atoms with Gasteiger partial charge in [-0.05, 0) is 24.8 Å². The second kappa shape index (κ2) is 5.65. The van der Waals surface area contributed by atoms with E-state index >= 15 is 0 Å². The maximum Gasteiger partial charge on any atom is 0.242 e. The molecule has 2 aromatic heterocycles. The van der Waals surface area contributed by atoms with Crippen molar-refractivity contribution in [2.45, 2.75) is 31.9 Å². The lowest BCUT2D eigenvalue weighted by Gasteiger charge is -2.07. The molecule has 2 N–H and O–H groups in total. The van der Waals surface area contributed by atoms with E-state index in [-0.39, 0.29) is 18.0 Å². The van der Waals surface area contributed by atoms with E-state index in [2.05, 4.69) is 9.82 Å². The number of aryl methyl sites for hydroxylation is 3. The summed E-state index contributed by atoms with van der Waals surface area (Å²) in [5.74, 6) is 0. The predicted octanol–water partition coefficient (Wildman–Crippen LogP) is 1.07. The van der Waals surface area contributed by atoms with Crippen LogP contribution in [0.4, 0.5) is 0 Å². The summed E-state index contributed by atoms with van der Waals surface area (Å²) in [6.45, 7) is 3.46. The van der Waals surface area contributed by atoms with Crippen LogP contribution in [-0.4, -0.2) is 23.3 Å².